The van der Waals surface area contributed by atoms with Crippen molar-refractivity contribution in [3.63, 3.8) is 0 Å². The standard InChI is InChI=1S/C22H18Cl2N4O3S3/c23-15-5-6-16-18(11-15)32-22(26-16)27(13-14-3-1-9-25-12-14)21(29)17-4-2-10-28(17)34(30,31)20-8-7-19(24)33-20/h1,3,5-9,11-12,17H,2,4,10,13H2. The van der Waals surface area contributed by atoms with Crippen molar-refractivity contribution < 1.29 is 13.2 Å². The number of hydrogen-bond donors (Lipinski definition) is 0. The molecule has 0 N–H and O–H groups in total. The van der Waals surface area contributed by atoms with E-state index in [1.165, 1.54) is 21.7 Å². The lowest BCUT2D eigenvalue weighted by Crippen LogP contribution is -2.47. The first-order valence-corrected chi connectivity index (χ1v) is 14.2. The average Bonchev–Trinajstić information content (AvgIpc) is 3.57. The molecule has 4 heterocycles. The van der Waals surface area contributed by atoms with Gasteiger partial charge < -0.3 is 0 Å². The first-order chi connectivity index (χ1) is 16.3. The highest BCUT2D eigenvalue weighted by Crippen LogP contribution is 2.36. The maximum Gasteiger partial charge on any atom is 0.253 e. The second kappa shape index (κ2) is 9.52. The molecular formula is C22H18Cl2N4O3S3. The number of thiophene rings is 1. The number of carbonyl (C=O) groups excluding carboxylic acids is 1. The normalized spacial score (nSPS) is 16.8. The van der Waals surface area contributed by atoms with Crippen LogP contribution >= 0.6 is 45.9 Å². The number of fused-ring (bicyclic) bond motifs is 1. The molecule has 1 saturated heterocycles. The second-order valence-corrected chi connectivity index (χ2v) is 13.0. The third-order valence-electron chi connectivity index (χ3n) is 5.50. The van der Waals surface area contributed by atoms with E-state index in [-0.39, 0.29) is 23.2 Å². The molecular weight excluding hydrogens is 535 g/mol. The summed E-state index contributed by atoms with van der Waals surface area (Å²) >= 11 is 14.4. The van der Waals surface area contributed by atoms with Crippen LogP contribution < -0.4 is 4.90 Å². The molecule has 3 aromatic heterocycles. The summed E-state index contributed by atoms with van der Waals surface area (Å²) in [5, 5.41) is 1.06. The summed E-state index contributed by atoms with van der Waals surface area (Å²) in [6.07, 6.45) is 4.36. The number of anilines is 1. The van der Waals surface area contributed by atoms with Crippen molar-refractivity contribution in [2.24, 2.45) is 0 Å². The highest BCUT2D eigenvalue weighted by Gasteiger charge is 2.42. The van der Waals surface area contributed by atoms with Gasteiger partial charge in [0.2, 0.25) is 5.91 Å². The van der Waals surface area contributed by atoms with Gasteiger partial charge in [0.25, 0.3) is 10.0 Å². The molecule has 1 aliphatic rings. The van der Waals surface area contributed by atoms with E-state index in [0.29, 0.717) is 27.3 Å². The van der Waals surface area contributed by atoms with Gasteiger partial charge in [-0.3, -0.25) is 14.7 Å². The monoisotopic (exact) mass is 552 g/mol. The van der Waals surface area contributed by atoms with Crippen molar-refractivity contribution in [1.82, 2.24) is 14.3 Å². The molecule has 1 amide bonds. The van der Waals surface area contributed by atoms with E-state index >= 15 is 0 Å². The fourth-order valence-corrected chi connectivity index (χ4v) is 8.43. The van der Waals surface area contributed by atoms with Crippen molar-refractivity contribution in [2.45, 2.75) is 29.6 Å². The summed E-state index contributed by atoms with van der Waals surface area (Å²) in [6, 6.07) is 11.2. The molecule has 4 aromatic rings. The average molecular weight is 554 g/mol. The maximum absolute atomic E-state index is 13.9. The number of carbonyl (C=O) groups is 1. The van der Waals surface area contributed by atoms with Crippen LogP contribution in [-0.4, -0.2) is 41.2 Å². The summed E-state index contributed by atoms with van der Waals surface area (Å²) in [4.78, 5) is 24.3. The van der Waals surface area contributed by atoms with Crippen molar-refractivity contribution in [1.29, 1.82) is 0 Å². The van der Waals surface area contributed by atoms with Crippen molar-refractivity contribution >= 4 is 77.2 Å². The fraction of sp³-hybridized carbons (Fsp3) is 0.227. The van der Waals surface area contributed by atoms with Crippen LogP contribution in [0.15, 0.2) is 59.1 Å². The number of halogens is 2. The van der Waals surface area contributed by atoms with Crippen LogP contribution in [0.1, 0.15) is 18.4 Å². The number of pyridine rings is 1. The van der Waals surface area contributed by atoms with Crippen LogP contribution in [0.4, 0.5) is 5.13 Å². The smallest absolute Gasteiger partial charge is 0.253 e. The number of amides is 1. The number of rotatable bonds is 6. The summed E-state index contributed by atoms with van der Waals surface area (Å²) in [5.41, 5.74) is 1.53. The second-order valence-electron chi connectivity index (χ2n) is 7.73. The molecule has 1 aliphatic heterocycles. The van der Waals surface area contributed by atoms with Crippen LogP contribution in [-0.2, 0) is 21.4 Å². The zero-order valence-electron chi connectivity index (χ0n) is 17.6. The van der Waals surface area contributed by atoms with E-state index in [2.05, 4.69) is 9.97 Å². The minimum atomic E-state index is -3.86. The van der Waals surface area contributed by atoms with Crippen LogP contribution in [0.3, 0.4) is 0 Å². The van der Waals surface area contributed by atoms with Gasteiger partial charge in [0, 0.05) is 24.0 Å². The largest absolute Gasteiger partial charge is 0.282 e. The molecule has 1 unspecified atom stereocenters. The van der Waals surface area contributed by atoms with E-state index in [1.807, 2.05) is 6.07 Å². The molecule has 7 nitrogen and oxygen atoms in total. The fourth-order valence-electron chi connectivity index (χ4n) is 3.92. The third-order valence-corrected chi connectivity index (χ3v) is 10.4. The molecule has 1 atom stereocenters. The van der Waals surface area contributed by atoms with Gasteiger partial charge in [0.1, 0.15) is 10.3 Å². The van der Waals surface area contributed by atoms with Crippen LogP contribution in [0.2, 0.25) is 9.36 Å². The number of sulfonamides is 1. The Labute approximate surface area is 214 Å². The maximum atomic E-state index is 13.9. The quantitative estimate of drug-likeness (QED) is 0.317. The SMILES string of the molecule is O=C(C1CCCN1S(=O)(=O)c1ccc(Cl)s1)N(Cc1cccnc1)c1nc2ccc(Cl)cc2s1. The Kier molecular flexibility index (Phi) is 6.62. The van der Waals surface area contributed by atoms with Gasteiger partial charge in [0.05, 0.1) is 21.1 Å². The zero-order valence-corrected chi connectivity index (χ0v) is 21.6. The van der Waals surface area contributed by atoms with Gasteiger partial charge in [-0.25, -0.2) is 13.4 Å². The highest BCUT2D eigenvalue weighted by molar-refractivity contribution is 7.91. The Morgan fingerprint density at radius 1 is 1.18 bits per heavy atom. The van der Waals surface area contributed by atoms with E-state index < -0.39 is 16.1 Å². The first-order valence-electron chi connectivity index (χ1n) is 10.4. The van der Waals surface area contributed by atoms with E-state index in [1.54, 1.807) is 47.6 Å². The number of thiazole rings is 1. The number of hydrogen-bond acceptors (Lipinski definition) is 7. The predicted octanol–water partition coefficient (Wildman–Crippen LogP) is 5.45. The van der Waals surface area contributed by atoms with Gasteiger partial charge >= 0.3 is 0 Å². The summed E-state index contributed by atoms with van der Waals surface area (Å²) in [5.74, 6) is -0.322. The third kappa shape index (κ3) is 4.58. The van der Waals surface area contributed by atoms with Crippen LogP contribution in [0.5, 0.6) is 0 Å². The molecule has 0 aliphatic carbocycles. The van der Waals surface area contributed by atoms with E-state index in [9.17, 15) is 13.2 Å². The molecule has 0 saturated carbocycles. The van der Waals surface area contributed by atoms with Crippen molar-refractivity contribution in [3.05, 3.63) is 69.8 Å². The molecule has 176 valence electrons. The molecule has 0 radical (unpaired) electrons. The summed E-state index contributed by atoms with van der Waals surface area (Å²) in [7, 11) is -3.86. The summed E-state index contributed by atoms with van der Waals surface area (Å²) in [6.45, 7) is 0.486. The van der Waals surface area contributed by atoms with Crippen LogP contribution in [0, 0.1) is 0 Å². The minimum Gasteiger partial charge on any atom is -0.282 e. The number of aromatic nitrogens is 2. The molecule has 0 spiro atoms. The Hall–Kier alpha value is -2.08. The highest BCUT2D eigenvalue weighted by atomic mass is 35.5. The van der Waals surface area contributed by atoms with Crippen LogP contribution in [0.25, 0.3) is 10.2 Å². The molecule has 34 heavy (non-hydrogen) atoms. The minimum absolute atomic E-state index is 0.130. The van der Waals surface area contributed by atoms with Crippen molar-refractivity contribution in [3.8, 4) is 0 Å². The van der Waals surface area contributed by atoms with E-state index in [0.717, 1.165) is 27.1 Å². The zero-order chi connectivity index (χ0) is 23.9. The van der Waals surface area contributed by atoms with E-state index in [4.69, 9.17) is 23.2 Å². The summed E-state index contributed by atoms with van der Waals surface area (Å²) < 4.78 is 29.3. The molecule has 5 rings (SSSR count). The van der Waals surface area contributed by atoms with Gasteiger partial charge in [0.15, 0.2) is 5.13 Å². The Balaban J connectivity index is 1.52. The Morgan fingerprint density at radius 2 is 2.03 bits per heavy atom. The van der Waals surface area contributed by atoms with Gasteiger partial charge in [-0.2, -0.15) is 4.31 Å². The Morgan fingerprint density at radius 3 is 2.76 bits per heavy atom. The first kappa shape index (κ1) is 23.7. The number of benzene rings is 1. The molecule has 12 heteroatoms. The predicted molar refractivity (Wildman–Crippen MR) is 136 cm³/mol. The molecule has 1 aromatic carbocycles. The lowest BCUT2D eigenvalue weighted by molar-refractivity contribution is -0.121. The molecule has 1 fully saturated rings. The van der Waals surface area contributed by atoms with Gasteiger partial charge in [-0.15, -0.1) is 11.3 Å². The topological polar surface area (TPSA) is 83.5 Å². The molecule has 0 bridgehead atoms. The van der Waals surface area contributed by atoms with Gasteiger partial charge in [-0.1, -0.05) is 40.6 Å². The van der Waals surface area contributed by atoms with Gasteiger partial charge in [-0.05, 0) is 54.8 Å². The lowest BCUT2D eigenvalue weighted by Gasteiger charge is -2.28. The number of nitrogens with zero attached hydrogens (tertiary/aromatic N) is 4. The Bertz CT molecular complexity index is 1460. The van der Waals surface area contributed by atoms with Crippen molar-refractivity contribution in [2.75, 3.05) is 11.4 Å². The lowest BCUT2D eigenvalue weighted by atomic mass is 10.2.